The van der Waals surface area contributed by atoms with Crippen LogP contribution in [0.4, 0.5) is 0 Å². The topological polar surface area (TPSA) is 61.8 Å². The van der Waals surface area contributed by atoms with E-state index in [4.69, 9.17) is 0 Å². The summed E-state index contributed by atoms with van der Waals surface area (Å²) in [7, 11) is -3.16. The monoisotopic (exact) mass is 150 g/mol. The van der Waals surface area contributed by atoms with Gasteiger partial charge in [-0.1, -0.05) is 0 Å². The maximum Gasteiger partial charge on any atom is 0.489 e. The second-order valence-corrected chi connectivity index (χ2v) is 3.28. The third-order valence-corrected chi connectivity index (χ3v) is 2.52. The molecule has 3 heterocycles. The molecular formula is C3H3O5P. The predicted octanol–water partition coefficient (Wildman–Crippen LogP) is 0.414. The van der Waals surface area contributed by atoms with Gasteiger partial charge in [0, 0.05) is 6.92 Å². The molecule has 6 heteroatoms. The van der Waals surface area contributed by atoms with Crippen molar-refractivity contribution >= 4 is 13.6 Å². The molecule has 0 radical (unpaired) electrons. The second kappa shape index (κ2) is 1.13. The molecule has 0 unspecified atom stereocenters. The van der Waals surface area contributed by atoms with Crippen LogP contribution in [0.25, 0.3) is 0 Å². The van der Waals surface area contributed by atoms with Crippen LogP contribution in [0.3, 0.4) is 0 Å². The predicted molar refractivity (Wildman–Crippen MR) is 24.3 cm³/mol. The Hall–Kier alpha value is -0.220. The third kappa shape index (κ3) is 0.460. The van der Waals surface area contributed by atoms with Gasteiger partial charge in [0.15, 0.2) is 0 Å². The fourth-order valence-electron chi connectivity index (χ4n) is 0.655. The van der Waals surface area contributed by atoms with E-state index in [1.165, 1.54) is 6.92 Å². The van der Waals surface area contributed by atoms with Gasteiger partial charge in [-0.05, 0) is 0 Å². The van der Waals surface area contributed by atoms with E-state index in [0.29, 0.717) is 0 Å². The quantitative estimate of drug-likeness (QED) is 0.506. The molecule has 0 aliphatic carbocycles. The maximum absolute atomic E-state index is 10.4. The van der Waals surface area contributed by atoms with Gasteiger partial charge in [-0.2, -0.15) is 0 Å². The summed E-state index contributed by atoms with van der Waals surface area (Å²) in [5.41, 5.74) is 0. The fraction of sp³-hybridized carbons (Fsp3) is 0.667. The normalized spacial score (nSPS) is 53.4. The van der Waals surface area contributed by atoms with Crippen LogP contribution < -0.4 is 0 Å². The smallest absolute Gasteiger partial charge is 0.291 e. The van der Waals surface area contributed by atoms with E-state index in [1.807, 2.05) is 0 Å². The molecule has 0 amide bonds. The van der Waals surface area contributed by atoms with Gasteiger partial charge in [0.1, 0.15) is 0 Å². The molecule has 0 spiro atoms. The van der Waals surface area contributed by atoms with Gasteiger partial charge >= 0.3 is 13.8 Å². The summed E-state index contributed by atoms with van der Waals surface area (Å²) in [5.74, 6) is -1.99. The molecular weight excluding hydrogens is 147 g/mol. The number of Topliss-reactive ketones (excluding diaryl/α,β-unsaturated/α-hetero) is 1. The lowest BCUT2D eigenvalue weighted by atomic mass is 10.4. The van der Waals surface area contributed by atoms with E-state index in [-0.39, 0.29) is 0 Å². The number of hydrogen-bond acceptors (Lipinski definition) is 5. The van der Waals surface area contributed by atoms with Crippen LogP contribution in [-0.2, 0) is 22.9 Å². The van der Waals surface area contributed by atoms with E-state index in [1.54, 1.807) is 0 Å². The SMILES string of the molecule is CC(=O)C12OP(=O)(O1)O2. The Morgan fingerprint density at radius 1 is 1.44 bits per heavy atom. The molecule has 0 aromatic rings. The minimum atomic E-state index is -3.16. The Bertz CT molecular complexity index is 206. The summed E-state index contributed by atoms with van der Waals surface area (Å²) in [4.78, 5) is 10.4. The maximum atomic E-state index is 10.4. The molecule has 0 aromatic carbocycles. The molecule has 50 valence electrons. The summed E-state index contributed by atoms with van der Waals surface area (Å²) in [6.07, 6.45) is 0. The van der Waals surface area contributed by atoms with E-state index in [9.17, 15) is 9.36 Å². The van der Waals surface area contributed by atoms with Crippen molar-refractivity contribution in [3.05, 3.63) is 0 Å². The molecule has 3 aliphatic rings. The summed E-state index contributed by atoms with van der Waals surface area (Å²) in [6, 6.07) is 0. The van der Waals surface area contributed by atoms with Gasteiger partial charge in [0.2, 0.25) is 5.78 Å². The zero-order valence-corrected chi connectivity index (χ0v) is 5.38. The standard InChI is InChI=1S/C3H3O5P/c1-2(4)3-6-9(5,7-3)8-3/h1H3. The third-order valence-electron chi connectivity index (χ3n) is 1.13. The highest BCUT2D eigenvalue weighted by molar-refractivity contribution is 7.52. The molecule has 0 saturated carbocycles. The summed E-state index contributed by atoms with van der Waals surface area (Å²) < 4.78 is 23.7. The van der Waals surface area contributed by atoms with E-state index in [0.717, 1.165) is 0 Å². The summed E-state index contributed by atoms with van der Waals surface area (Å²) in [5, 5.41) is 0. The highest BCUT2D eigenvalue weighted by atomic mass is 31.2. The lowest BCUT2D eigenvalue weighted by Gasteiger charge is -2.53. The van der Waals surface area contributed by atoms with Crippen molar-refractivity contribution in [2.75, 3.05) is 0 Å². The van der Waals surface area contributed by atoms with Crippen LogP contribution in [0.5, 0.6) is 0 Å². The van der Waals surface area contributed by atoms with Crippen molar-refractivity contribution in [1.82, 2.24) is 0 Å². The van der Waals surface area contributed by atoms with E-state index in [2.05, 4.69) is 13.6 Å². The summed E-state index contributed by atoms with van der Waals surface area (Å²) >= 11 is 0. The lowest BCUT2D eigenvalue weighted by molar-refractivity contribution is -0.397. The molecule has 5 nitrogen and oxygen atoms in total. The van der Waals surface area contributed by atoms with Gasteiger partial charge in [-0.25, -0.2) is 18.1 Å². The number of carbonyl (C=O) groups is 1. The van der Waals surface area contributed by atoms with Gasteiger partial charge in [0.05, 0.1) is 0 Å². The molecule has 3 rings (SSSR count). The first-order valence-electron chi connectivity index (χ1n) is 2.30. The van der Waals surface area contributed by atoms with E-state index < -0.39 is 19.6 Å². The van der Waals surface area contributed by atoms with E-state index >= 15 is 0 Å². The molecule has 3 saturated heterocycles. The Labute approximate surface area is 50.5 Å². The Morgan fingerprint density at radius 2 is 1.89 bits per heavy atom. The van der Waals surface area contributed by atoms with Crippen LogP contribution in [0.2, 0.25) is 0 Å². The molecule has 0 N–H and O–H groups in total. The van der Waals surface area contributed by atoms with Crippen LogP contribution >= 0.6 is 7.82 Å². The van der Waals surface area contributed by atoms with Gasteiger partial charge < -0.3 is 0 Å². The van der Waals surface area contributed by atoms with Gasteiger partial charge in [-0.15, -0.1) is 0 Å². The molecule has 9 heavy (non-hydrogen) atoms. The number of rotatable bonds is 1. The largest absolute Gasteiger partial charge is 0.489 e. The van der Waals surface area contributed by atoms with Crippen molar-refractivity contribution < 1.29 is 22.9 Å². The van der Waals surface area contributed by atoms with Gasteiger partial charge in [-0.3, -0.25) is 4.79 Å². The first kappa shape index (κ1) is 5.56. The first-order valence-corrected chi connectivity index (χ1v) is 3.76. The van der Waals surface area contributed by atoms with Crippen molar-refractivity contribution in [2.24, 2.45) is 0 Å². The highest BCUT2D eigenvalue weighted by Crippen LogP contribution is 2.79. The minimum absolute atomic E-state index is 0.416. The van der Waals surface area contributed by atoms with Crippen LogP contribution in [0.15, 0.2) is 0 Å². The molecule has 0 atom stereocenters. The fourth-order valence-corrected chi connectivity index (χ4v) is 1.96. The van der Waals surface area contributed by atoms with Crippen LogP contribution in [0.1, 0.15) is 6.92 Å². The zero-order chi connectivity index (χ0) is 6.70. The van der Waals surface area contributed by atoms with Crippen molar-refractivity contribution in [3.63, 3.8) is 0 Å². The Kier molecular flexibility index (Phi) is 0.698. The second-order valence-electron chi connectivity index (χ2n) is 1.83. The zero-order valence-electron chi connectivity index (χ0n) is 4.49. The average molecular weight is 150 g/mol. The van der Waals surface area contributed by atoms with Crippen LogP contribution in [-0.4, -0.2) is 11.8 Å². The van der Waals surface area contributed by atoms with Crippen molar-refractivity contribution in [1.29, 1.82) is 0 Å². The van der Waals surface area contributed by atoms with Crippen LogP contribution in [0, 0.1) is 0 Å². The minimum Gasteiger partial charge on any atom is -0.291 e. The molecule has 3 aliphatic heterocycles. The average Bonchev–Trinajstić information content (AvgIpc) is 1.54. The van der Waals surface area contributed by atoms with Gasteiger partial charge in [0.25, 0.3) is 0 Å². The summed E-state index contributed by atoms with van der Waals surface area (Å²) in [6.45, 7) is 1.24. The number of phosphoric acid groups is 1. The Balaban J connectivity index is 2.21. The molecule has 0 aromatic heterocycles. The Morgan fingerprint density at radius 3 is 2.00 bits per heavy atom. The first-order chi connectivity index (χ1) is 4.06. The molecule has 2 bridgehead atoms. The number of phosphoric ester groups is 1. The highest BCUT2D eigenvalue weighted by Gasteiger charge is 2.77. The molecule has 3 fully saturated rings. The van der Waals surface area contributed by atoms with Crippen molar-refractivity contribution in [3.8, 4) is 0 Å². The van der Waals surface area contributed by atoms with Crippen molar-refractivity contribution in [2.45, 2.75) is 12.9 Å². The lowest BCUT2D eigenvalue weighted by Crippen LogP contribution is -2.61. The number of carbonyl (C=O) groups excluding carboxylic acids is 1. The number of hydrogen-bond donors (Lipinski definition) is 0. The number of ketones is 1.